The first kappa shape index (κ1) is 19.4. The van der Waals surface area contributed by atoms with Crippen molar-refractivity contribution in [2.45, 2.75) is 25.4 Å². The number of benzene rings is 2. The normalized spacial score (nSPS) is 16.7. The molecule has 1 atom stereocenters. The molecule has 1 aliphatic rings. The molecule has 2 aromatic rings. The van der Waals surface area contributed by atoms with Crippen LogP contribution in [0.4, 0.5) is 5.69 Å². The third-order valence-electron chi connectivity index (χ3n) is 5.26. The van der Waals surface area contributed by atoms with E-state index in [9.17, 15) is 9.90 Å². The summed E-state index contributed by atoms with van der Waals surface area (Å²) >= 11 is 0. The van der Waals surface area contributed by atoms with Gasteiger partial charge < -0.3 is 20.1 Å². The van der Waals surface area contributed by atoms with Crippen LogP contribution in [0.25, 0.3) is 0 Å². The van der Waals surface area contributed by atoms with Gasteiger partial charge in [-0.3, -0.25) is 4.79 Å². The van der Waals surface area contributed by atoms with Crippen molar-refractivity contribution in [1.29, 1.82) is 0 Å². The lowest BCUT2D eigenvalue weighted by Crippen LogP contribution is -2.37. The Bertz CT molecular complexity index is 727. The summed E-state index contributed by atoms with van der Waals surface area (Å²) in [5.74, 6) is 0.943. The number of carbonyl (C=O) groups is 1. The lowest BCUT2D eigenvalue weighted by Gasteiger charge is -2.34. The molecule has 3 rings (SSSR count). The summed E-state index contributed by atoms with van der Waals surface area (Å²) in [5, 5.41) is 13.5. The van der Waals surface area contributed by atoms with Gasteiger partial charge in [0.15, 0.2) is 0 Å². The van der Waals surface area contributed by atoms with E-state index in [1.54, 1.807) is 7.11 Å². The third-order valence-corrected chi connectivity index (χ3v) is 5.26. The van der Waals surface area contributed by atoms with Gasteiger partial charge in [0.2, 0.25) is 5.91 Å². The average Bonchev–Trinajstić information content (AvgIpc) is 2.73. The highest BCUT2D eigenvalue weighted by Crippen LogP contribution is 2.30. The van der Waals surface area contributed by atoms with E-state index in [4.69, 9.17) is 4.74 Å². The number of piperidine rings is 1. The van der Waals surface area contributed by atoms with E-state index in [-0.39, 0.29) is 11.8 Å². The van der Waals surface area contributed by atoms with Crippen LogP contribution in [-0.4, -0.2) is 42.7 Å². The number of amides is 1. The largest absolute Gasteiger partial charge is 0.495 e. The number of nitrogens with zero attached hydrogens (tertiary/aromatic N) is 1. The van der Waals surface area contributed by atoms with E-state index in [0.717, 1.165) is 38.0 Å². The van der Waals surface area contributed by atoms with Crippen molar-refractivity contribution in [2.75, 3.05) is 32.1 Å². The smallest absolute Gasteiger partial charge is 0.225 e. The van der Waals surface area contributed by atoms with Gasteiger partial charge in [-0.1, -0.05) is 42.5 Å². The summed E-state index contributed by atoms with van der Waals surface area (Å²) < 4.78 is 5.26. The number of ether oxygens (including phenoxy) is 1. The maximum absolute atomic E-state index is 12.2. The Labute approximate surface area is 161 Å². The van der Waals surface area contributed by atoms with Crippen LogP contribution in [0, 0.1) is 5.92 Å². The van der Waals surface area contributed by atoms with Crippen LogP contribution in [-0.2, 0) is 4.79 Å². The predicted octanol–water partition coefficient (Wildman–Crippen LogP) is 3.47. The molecule has 0 aromatic heterocycles. The molecule has 5 heteroatoms. The van der Waals surface area contributed by atoms with Crippen molar-refractivity contribution < 1.29 is 14.6 Å². The van der Waals surface area contributed by atoms with Crippen LogP contribution in [0.2, 0.25) is 0 Å². The molecule has 1 fully saturated rings. The van der Waals surface area contributed by atoms with Crippen LogP contribution in [0.15, 0.2) is 54.6 Å². The highest BCUT2D eigenvalue weighted by atomic mass is 16.5. The van der Waals surface area contributed by atoms with E-state index in [0.29, 0.717) is 17.9 Å². The summed E-state index contributed by atoms with van der Waals surface area (Å²) in [4.78, 5) is 14.5. The first-order valence-corrected chi connectivity index (χ1v) is 9.55. The number of methoxy groups -OCH3 is 1. The zero-order valence-corrected chi connectivity index (χ0v) is 15.8. The van der Waals surface area contributed by atoms with Crippen molar-refractivity contribution in [3.05, 3.63) is 60.2 Å². The number of carbonyl (C=O) groups excluding carboxylic acids is 1. The average molecular weight is 368 g/mol. The van der Waals surface area contributed by atoms with Crippen molar-refractivity contribution in [3.63, 3.8) is 0 Å². The molecule has 1 saturated heterocycles. The van der Waals surface area contributed by atoms with Gasteiger partial charge in [0.25, 0.3) is 0 Å². The molecule has 1 aliphatic heterocycles. The monoisotopic (exact) mass is 368 g/mol. The second-order valence-corrected chi connectivity index (χ2v) is 7.03. The number of hydrogen-bond acceptors (Lipinski definition) is 4. The summed E-state index contributed by atoms with van der Waals surface area (Å²) in [5.41, 5.74) is 1.70. The number of anilines is 1. The Morgan fingerprint density at radius 3 is 2.52 bits per heavy atom. The molecule has 2 aromatic carbocycles. The van der Waals surface area contributed by atoms with Crippen molar-refractivity contribution in [3.8, 4) is 5.75 Å². The Morgan fingerprint density at radius 2 is 1.81 bits per heavy atom. The molecule has 0 bridgehead atoms. The maximum atomic E-state index is 12.2. The summed E-state index contributed by atoms with van der Waals surface area (Å²) in [6, 6.07) is 17.3. The second kappa shape index (κ2) is 9.53. The van der Waals surface area contributed by atoms with Crippen LogP contribution in [0.1, 0.15) is 30.9 Å². The first-order chi connectivity index (χ1) is 13.2. The minimum atomic E-state index is -0.401. The number of aliphatic hydroxyl groups is 1. The Kier molecular flexibility index (Phi) is 6.85. The van der Waals surface area contributed by atoms with Crippen LogP contribution < -0.4 is 10.1 Å². The van der Waals surface area contributed by atoms with Gasteiger partial charge in [-0.25, -0.2) is 0 Å². The summed E-state index contributed by atoms with van der Waals surface area (Å²) in [7, 11) is 1.60. The minimum absolute atomic E-state index is 0.00839. The van der Waals surface area contributed by atoms with E-state index in [1.807, 2.05) is 54.6 Å². The number of para-hydroxylation sites is 2. The van der Waals surface area contributed by atoms with Crippen LogP contribution in [0.5, 0.6) is 5.75 Å². The molecule has 0 radical (unpaired) electrons. The quantitative estimate of drug-likeness (QED) is 0.786. The Hall–Kier alpha value is -2.37. The number of nitrogens with one attached hydrogen (secondary N) is 1. The van der Waals surface area contributed by atoms with Gasteiger partial charge in [-0.2, -0.15) is 0 Å². The molecule has 1 unspecified atom stereocenters. The fourth-order valence-corrected chi connectivity index (χ4v) is 3.63. The van der Waals surface area contributed by atoms with E-state index >= 15 is 0 Å². The topological polar surface area (TPSA) is 61.8 Å². The highest BCUT2D eigenvalue weighted by molar-refractivity contribution is 5.92. The molecule has 1 amide bonds. The minimum Gasteiger partial charge on any atom is -0.495 e. The lowest BCUT2D eigenvalue weighted by atomic mass is 9.87. The fraction of sp³-hybridized carbons (Fsp3) is 0.409. The molecule has 27 heavy (non-hydrogen) atoms. The third kappa shape index (κ3) is 5.31. The van der Waals surface area contributed by atoms with Gasteiger partial charge >= 0.3 is 0 Å². The van der Waals surface area contributed by atoms with E-state index < -0.39 is 6.10 Å². The highest BCUT2D eigenvalue weighted by Gasteiger charge is 2.26. The lowest BCUT2D eigenvalue weighted by molar-refractivity contribution is -0.116. The molecule has 1 heterocycles. The zero-order valence-electron chi connectivity index (χ0n) is 15.8. The molecule has 2 N–H and O–H groups in total. The second-order valence-electron chi connectivity index (χ2n) is 7.03. The maximum Gasteiger partial charge on any atom is 0.225 e. The van der Waals surface area contributed by atoms with Crippen molar-refractivity contribution in [1.82, 2.24) is 4.90 Å². The molecule has 5 nitrogen and oxygen atoms in total. The Morgan fingerprint density at radius 1 is 1.15 bits per heavy atom. The summed E-state index contributed by atoms with van der Waals surface area (Å²) in [6.45, 7) is 2.56. The SMILES string of the molecule is COc1ccccc1NC(=O)CCN1CCC(C(O)c2ccccc2)CC1. The van der Waals surface area contributed by atoms with E-state index in [1.165, 1.54) is 0 Å². The zero-order chi connectivity index (χ0) is 19.1. The van der Waals surface area contributed by atoms with E-state index in [2.05, 4.69) is 10.2 Å². The van der Waals surface area contributed by atoms with Crippen LogP contribution >= 0.6 is 0 Å². The van der Waals surface area contributed by atoms with Crippen molar-refractivity contribution in [2.24, 2.45) is 5.92 Å². The molecular formula is C22H28N2O3. The molecule has 0 spiro atoms. The molecule has 0 saturated carbocycles. The first-order valence-electron chi connectivity index (χ1n) is 9.55. The van der Waals surface area contributed by atoms with Gasteiger partial charge in [0.05, 0.1) is 18.9 Å². The molecular weight excluding hydrogens is 340 g/mol. The van der Waals surface area contributed by atoms with Gasteiger partial charge in [0.1, 0.15) is 5.75 Å². The standard InChI is InChI=1S/C22H28N2O3/c1-27-20-10-6-5-9-19(20)23-21(25)13-16-24-14-11-18(12-15-24)22(26)17-7-3-2-4-8-17/h2-10,18,22,26H,11-16H2,1H3,(H,23,25). The summed E-state index contributed by atoms with van der Waals surface area (Å²) in [6.07, 6.45) is 1.94. The van der Waals surface area contributed by atoms with Crippen LogP contribution in [0.3, 0.4) is 0 Å². The molecule has 144 valence electrons. The number of rotatable bonds is 7. The Balaban J connectivity index is 1.42. The predicted molar refractivity (Wildman–Crippen MR) is 107 cm³/mol. The number of hydrogen-bond donors (Lipinski definition) is 2. The van der Waals surface area contributed by atoms with Gasteiger partial charge in [0, 0.05) is 13.0 Å². The molecule has 0 aliphatic carbocycles. The fourth-order valence-electron chi connectivity index (χ4n) is 3.63. The van der Waals surface area contributed by atoms with Gasteiger partial charge in [-0.15, -0.1) is 0 Å². The van der Waals surface area contributed by atoms with Gasteiger partial charge in [-0.05, 0) is 49.5 Å². The van der Waals surface area contributed by atoms with Crippen molar-refractivity contribution >= 4 is 11.6 Å². The number of aliphatic hydroxyl groups excluding tert-OH is 1. The number of likely N-dealkylation sites (tertiary alicyclic amines) is 1.